The molecule has 0 atom stereocenters. The van der Waals surface area contributed by atoms with Gasteiger partial charge in [-0.1, -0.05) is 0 Å². The lowest BCUT2D eigenvalue weighted by atomic mass is 10.3. The molecule has 0 amide bonds. The Kier molecular flexibility index (Phi) is 3.89. The minimum atomic E-state index is -3.94. The number of benzene rings is 2. The fraction of sp³-hybridized carbons (Fsp3) is 0.0769. The summed E-state index contributed by atoms with van der Waals surface area (Å²) >= 11 is 0. The van der Waals surface area contributed by atoms with Crippen molar-refractivity contribution in [1.29, 1.82) is 0 Å². The van der Waals surface area contributed by atoms with E-state index in [9.17, 15) is 17.2 Å². The second-order valence-corrected chi connectivity index (χ2v) is 5.59. The summed E-state index contributed by atoms with van der Waals surface area (Å²) in [5.41, 5.74) is -0.317. The Morgan fingerprint density at radius 3 is 2.25 bits per heavy atom. The lowest BCUT2D eigenvalue weighted by Gasteiger charge is -2.09. The normalized spacial score (nSPS) is 11.2. The summed E-state index contributed by atoms with van der Waals surface area (Å²) in [5.74, 6) is -1.27. The molecule has 0 aliphatic carbocycles. The van der Waals surface area contributed by atoms with Crippen LogP contribution in [0.4, 0.5) is 14.5 Å². The first-order valence-corrected chi connectivity index (χ1v) is 7.02. The van der Waals surface area contributed by atoms with Crippen LogP contribution in [0.15, 0.2) is 47.4 Å². The summed E-state index contributed by atoms with van der Waals surface area (Å²) in [7, 11) is -2.49. The monoisotopic (exact) mass is 299 g/mol. The molecule has 2 aromatic rings. The fourth-order valence-corrected chi connectivity index (χ4v) is 2.60. The Bertz CT molecular complexity index is 715. The van der Waals surface area contributed by atoms with Crippen LogP contribution in [0.5, 0.6) is 5.75 Å². The third-order valence-electron chi connectivity index (χ3n) is 2.55. The van der Waals surface area contributed by atoms with Crippen LogP contribution in [0.3, 0.4) is 0 Å². The number of anilines is 1. The lowest BCUT2D eigenvalue weighted by molar-refractivity contribution is 0.414. The minimum Gasteiger partial charge on any atom is -0.497 e. The summed E-state index contributed by atoms with van der Waals surface area (Å²) in [6, 6.07) is 8.17. The van der Waals surface area contributed by atoms with Gasteiger partial charge in [0.05, 0.1) is 17.7 Å². The van der Waals surface area contributed by atoms with Crippen LogP contribution in [-0.2, 0) is 10.0 Å². The maximum atomic E-state index is 13.4. The molecule has 0 saturated carbocycles. The largest absolute Gasteiger partial charge is 0.497 e. The highest BCUT2D eigenvalue weighted by Crippen LogP contribution is 2.21. The van der Waals surface area contributed by atoms with Crippen LogP contribution in [0.25, 0.3) is 0 Å². The van der Waals surface area contributed by atoms with Crippen molar-refractivity contribution in [3.05, 3.63) is 54.1 Å². The third kappa shape index (κ3) is 3.05. The maximum absolute atomic E-state index is 13.4. The number of hydrogen-bond acceptors (Lipinski definition) is 3. The Labute approximate surface area is 115 Å². The Balaban J connectivity index is 2.30. The highest BCUT2D eigenvalue weighted by Gasteiger charge is 2.16. The van der Waals surface area contributed by atoms with Crippen LogP contribution in [-0.4, -0.2) is 15.5 Å². The van der Waals surface area contributed by atoms with Gasteiger partial charge in [-0.25, -0.2) is 17.2 Å². The molecule has 2 aromatic carbocycles. The van der Waals surface area contributed by atoms with E-state index >= 15 is 0 Å². The van der Waals surface area contributed by atoms with Crippen LogP contribution in [0.1, 0.15) is 0 Å². The van der Waals surface area contributed by atoms with Crippen molar-refractivity contribution in [2.45, 2.75) is 4.90 Å². The Morgan fingerprint density at radius 1 is 1.05 bits per heavy atom. The predicted octanol–water partition coefficient (Wildman–Crippen LogP) is 2.77. The van der Waals surface area contributed by atoms with Crippen molar-refractivity contribution in [3.8, 4) is 5.75 Å². The minimum absolute atomic E-state index is 0.0537. The quantitative estimate of drug-likeness (QED) is 0.944. The van der Waals surface area contributed by atoms with Crippen molar-refractivity contribution < 1.29 is 21.9 Å². The molecular formula is C13H11F2NO3S. The molecule has 0 unspecified atom stereocenters. The SMILES string of the molecule is COc1ccc(S(=O)(=O)Nc2ccc(F)cc2F)cc1. The lowest BCUT2D eigenvalue weighted by Crippen LogP contribution is -2.14. The number of hydrogen-bond donors (Lipinski definition) is 1. The number of ether oxygens (including phenoxy) is 1. The molecule has 0 radical (unpaired) electrons. The number of sulfonamides is 1. The van der Waals surface area contributed by atoms with Gasteiger partial charge in [0.15, 0.2) is 0 Å². The first-order chi connectivity index (χ1) is 9.42. The van der Waals surface area contributed by atoms with E-state index in [1.54, 1.807) is 0 Å². The number of nitrogens with one attached hydrogen (secondary N) is 1. The van der Waals surface area contributed by atoms with Gasteiger partial charge in [-0.05, 0) is 36.4 Å². The van der Waals surface area contributed by atoms with Crippen LogP contribution < -0.4 is 9.46 Å². The van der Waals surface area contributed by atoms with Gasteiger partial charge in [0.2, 0.25) is 0 Å². The van der Waals surface area contributed by atoms with Gasteiger partial charge in [-0.2, -0.15) is 0 Å². The molecule has 0 fully saturated rings. The first-order valence-electron chi connectivity index (χ1n) is 5.54. The average Bonchev–Trinajstić information content (AvgIpc) is 2.42. The van der Waals surface area contributed by atoms with E-state index in [1.165, 1.54) is 31.4 Å². The Hall–Kier alpha value is -2.15. The summed E-state index contributed by atoms with van der Waals surface area (Å²) in [5, 5.41) is 0. The zero-order valence-corrected chi connectivity index (χ0v) is 11.2. The number of methoxy groups -OCH3 is 1. The molecule has 20 heavy (non-hydrogen) atoms. The van der Waals surface area contributed by atoms with Gasteiger partial charge in [-0.15, -0.1) is 0 Å². The van der Waals surface area contributed by atoms with Gasteiger partial charge in [-0.3, -0.25) is 4.72 Å². The van der Waals surface area contributed by atoms with Crippen molar-refractivity contribution in [3.63, 3.8) is 0 Å². The van der Waals surface area contributed by atoms with Crippen molar-refractivity contribution in [1.82, 2.24) is 0 Å². The van der Waals surface area contributed by atoms with E-state index in [-0.39, 0.29) is 10.6 Å². The van der Waals surface area contributed by atoms with Crippen molar-refractivity contribution in [2.24, 2.45) is 0 Å². The van der Waals surface area contributed by atoms with Crippen LogP contribution in [0.2, 0.25) is 0 Å². The third-order valence-corrected chi connectivity index (χ3v) is 3.93. The molecule has 0 heterocycles. The topological polar surface area (TPSA) is 55.4 Å². The van der Waals surface area contributed by atoms with E-state index in [4.69, 9.17) is 4.74 Å². The van der Waals surface area contributed by atoms with E-state index in [0.717, 1.165) is 12.1 Å². The first kappa shape index (κ1) is 14.3. The standard InChI is InChI=1S/C13H11F2NO3S/c1-19-10-3-5-11(6-4-10)20(17,18)16-13-7-2-9(14)8-12(13)15/h2-8,16H,1H3. The average molecular weight is 299 g/mol. The number of halogens is 2. The molecule has 0 aliphatic rings. The molecule has 0 aliphatic heterocycles. The molecule has 2 rings (SSSR count). The van der Waals surface area contributed by atoms with Gasteiger partial charge < -0.3 is 4.74 Å². The van der Waals surface area contributed by atoms with E-state index < -0.39 is 21.7 Å². The molecule has 0 bridgehead atoms. The summed E-state index contributed by atoms with van der Waals surface area (Å²) in [6.45, 7) is 0. The van der Waals surface area contributed by atoms with E-state index in [0.29, 0.717) is 11.8 Å². The summed E-state index contributed by atoms with van der Waals surface area (Å²) in [6.07, 6.45) is 0. The molecule has 0 saturated heterocycles. The van der Waals surface area contributed by atoms with E-state index in [1.807, 2.05) is 0 Å². The van der Waals surface area contributed by atoms with Crippen LogP contribution >= 0.6 is 0 Å². The fourth-order valence-electron chi connectivity index (χ4n) is 1.53. The van der Waals surface area contributed by atoms with E-state index in [2.05, 4.69) is 4.72 Å². The maximum Gasteiger partial charge on any atom is 0.261 e. The van der Waals surface area contributed by atoms with Gasteiger partial charge in [0, 0.05) is 6.07 Å². The molecule has 0 spiro atoms. The molecular weight excluding hydrogens is 288 g/mol. The van der Waals surface area contributed by atoms with Crippen molar-refractivity contribution in [2.75, 3.05) is 11.8 Å². The summed E-state index contributed by atoms with van der Waals surface area (Å²) < 4.78 is 57.2. The smallest absolute Gasteiger partial charge is 0.261 e. The zero-order valence-electron chi connectivity index (χ0n) is 10.4. The zero-order chi connectivity index (χ0) is 14.8. The highest BCUT2D eigenvalue weighted by molar-refractivity contribution is 7.92. The second kappa shape index (κ2) is 5.46. The summed E-state index contributed by atoms with van der Waals surface area (Å²) in [4.78, 5) is -0.0537. The van der Waals surface area contributed by atoms with Gasteiger partial charge in [0.25, 0.3) is 10.0 Å². The van der Waals surface area contributed by atoms with Crippen molar-refractivity contribution >= 4 is 15.7 Å². The molecule has 0 aromatic heterocycles. The molecule has 7 heteroatoms. The predicted molar refractivity (Wildman–Crippen MR) is 70.2 cm³/mol. The molecule has 4 nitrogen and oxygen atoms in total. The number of rotatable bonds is 4. The Morgan fingerprint density at radius 2 is 1.70 bits per heavy atom. The van der Waals surface area contributed by atoms with Gasteiger partial charge in [0.1, 0.15) is 17.4 Å². The molecule has 1 N–H and O–H groups in total. The second-order valence-electron chi connectivity index (χ2n) is 3.91. The van der Waals surface area contributed by atoms with Gasteiger partial charge >= 0.3 is 0 Å². The van der Waals surface area contributed by atoms with Crippen LogP contribution in [0, 0.1) is 11.6 Å². The highest BCUT2D eigenvalue weighted by atomic mass is 32.2. The molecule has 106 valence electrons.